The van der Waals surface area contributed by atoms with Crippen LogP contribution in [0, 0.1) is 17.3 Å². The topological polar surface area (TPSA) is 81.7 Å². The van der Waals surface area contributed by atoms with Crippen molar-refractivity contribution in [3.8, 4) is 0 Å². The van der Waals surface area contributed by atoms with Crippen LogP contribution in [0.5, 0.6) is 0 Å². The Labute approximate surface area is 172 Å². The highest BCUT2D eigenvalue weighted by molar-refractivity contribution is 5.93. The lowest BCUT2D eigenvalue weighted by Gasteiger charge is -2.57. The lowest BCUT2D eigenvalue weighted by Crippen LogP contribution is -2.51. The molecule has 1 aromatic rings. The van der Waals surface area contributed by atoms with Crippen LogP contribution in [0.4, 0.5) is 10.5 Å². The average molecular weight is 398 g/mol. The third-order valence-corrected chi connectivity index (χ3v) is 7.28. The van der Waals surface area contributed by atoms with Crippen LogP contribution in [0.1, 0.15) is 49.9 Å². The van der Waals surface area contributed by atoms with E-state index in [-0.39, 0.29) is 17.6 Å². The minimum Gasteiger partial charge on any atom is -0.478 e. The van der Waals surface area contributed by atoms with Crippen LogP contribution >= 0.6 is 0 Å². The number of urea groups is 1. The van der Waals surface area contributed by atoms with Gasteiger partial charge in [-0.15, -0.1) is 0 Å². The lowest BCUT2D eigenvalue weighted by molar-refractivity contribution is -0.0113. The summed E-state index contributed by atoms with van der Waals surface area (Å²) in [6, 6.07) is 6.17. The van der Waals surface area contributed by atoms with Gasteiger partial charge in [-0.25, -0.2) is 9.59 Å². The summed E-state index contributed by atoms with van der Waals surface area (Å²) in [5, 5.41) is 14.8. The minimum absolute atomic E-state index is 0.152. The summed E-state index contributed by atoms with van der Waals surface area (Å²) in [6.45, 7) is 7.89. The van der Waals surface area contributed by atoms with E-state index in [0.29, 0.717) is 11.1 Å². The number of hydrogen-bond donors (Lipinski definition) is 3. The van der Waals surface area contributed by atoms with Gasteiger partial charge in [-0.1, -0.05) is 31.6 Å². The van der Waals surface area contributed by atoms with E-state index in [0.717, 1.165) is 44.3 Å². The predicted molar refractivity (Wildman–Crippen MR) is 113 cm³/mol. The van der Waals surface area contributed by atoms with Crippen molar-refractivity contribution in [1.29, 1.82) is 0 Å². The van der Waals surface area contributed by atoms with Gasteiger partial charge in [0.15, 0.2) is 0 Å². The molecule has 2 amide bonds. The fourth-order valence-electron chi connectivity index (χ4n) is 5.23. The molecule has 1 saturated heterocycles. The number of piperidine rings is 1. The highest BCUT2D eigenvalue weighted by Gasteiger charge is 2.51. The molecule has 29 heavy (non-hydrogen) atoms. The van der Waals surface area contributed by atoms with Crippen LogP contribution in [0.3, 0.4) is 0 Å². The smallest absolute Gasteiger partial charge is 0.335 e. The number of hydrogen-bond acceptors (Lipinski definition) is 3. The second-order valence-corrected chi connectivity index (χ2v) is 9.36. The number of amides is 2. The molecular formula is C23H31N3O3. The van der Waals surface area contributed by atoms with Crippen molar-refractivity contribution in [3.63, 3.8) is 0 Å². The zero-order valence-electron chi connectivity index (χ0n) is 17.3. The first-order chi connectivity index (χ1) is 13.8. The van der Waals surface area contributed by atoms with E-state index in [1.807, 2.05) is 0 Å². The maximum absolute atomic E-state index is 12.3. The number of carboxylic acids is 1. The van der Waals surface area contributed by atoms with Crippen LogP contribution in [0.25, 0.3) is 0 Å². The van der Waals surface area contributed by atoms with E-state index in [2.05, 4.69) is 35.5 Å². The number of carbonyl (C=O) groups excluding carboxylic acids is 1. The van der Waals surface area contributed by atoms with Gasteiger partial charge in [0, 0.05) is 31.4 Å². The number of benzene rings is 1. The first kappa shape index (κ1) is 20.0. The van der Waals surface area contributed by atoms with Gasteiger partial charge in [-0.05, 0) is 61.1 Å². The van der Waals surface area contributed by atoms with Crippen molar-refractivity contribution in [3.05, 3.63) is 41.5 Å². The minimum atomic E-state index is -1.00. The van der Waals surface area contributed by atoms with Crippen LogP contribution < -0.4 is 10.6 Å². The molecule has 2 atom stereocenters. The number of rotatable bonds is 5. The van der Waals surface area contributed by atoms with Gasteiger partial charge in [-0.3, -0.25) is 4.90 Å². The van der Waals surface area contributed by atoms with Crippen molar-refractivity contribution in [1.82, 2.24) is 10.2 Å². The number of anilines is 1. The third-order valence-electron chi connectivity index (χ3n) is 7.28. The Bertz CT molecular complexity index is 824. The molecule has 1 saturated carbocycles. The van der Waals surface area contributed by atoms with E-state index >= 15 is 0 Å². The van der Waals surface area contributed by atoms with Crippen molar-refractivity contribution in [2.45, 2.75) is 45.6 Å². The van der Waals surface area contributed by atoms with Gasteiger partial charge in [0.1, 0.15) is 0 Å². The summed E-state index contributed by atoms with van der Waals surface area (Å²) in [4.78, 5) is 25.9. The fourth-order valence-corrected chi connectivity index (χ4v) is 5.23. The number of allylic oxidation sites excluding steroid dienone is 1. The molecule has 0 spiro atoms. The van der Waals surface area contributed by atoms with E-state index in [1.54, 1.807) is 17.7 Å². The van der Waals surface area contributed by atoms with Crippen LogP contribution in [-0.4, -0.2) is 47.7 Å². The lowest BCUT2D eigenvalue weighted by atomic mass is 9.49. The monoisotopic (exact) mass is 397 g/mol. The normalized spacial score (nSPS) is 26.2. The molecule has 4 aliphatic rings. The number of carboxylic acid groups (broad SMARTS) is 1. The predicted octanol–water partition coefficient (Wildman–Crippen LogP) is 3.96. The molecule has 2 bridgehead atoms. The molecule has 0 radical (unpaired) electrons. The van der Waals surface area contributed by atoms with Gasteiger partial charge in [0.2, 0.25) is 0 Å². The Morgan fingerprint density at radius 2 is 2.00 bits per heavy atom. The second-order valence-electron chi connectivity index (χ2n) is 9.36. The molecule has 0 aromatic heterocycles. The van der Waals surface area contributed by atoms with Gasteiger partial charge in [0.25, 0.3) is 0 Å². The van der Waals surface area contributed by atoms with Crippen LogP contribution in [0.15, 0.2) is 35.9 Å². The summed E-state index contributed by atoms with van der Waals surface area (Å²) < 4.78 is 0. The molecule has 5 rings (SSSR count). The molecule has 0 unspecified atom stereocenters. The summed E-state index contributed by atoms with van der Waals surface area (Å²) >= 11 is 0. The van der Waals surface area contributed by atoms with Gasteiger partial charge in [-0.2, -0.15) is 0 Å². The van der Waals surface area contributed by atoms with E-state index < -0.39 is 5.97 Å². The summed E-state index contributed by atoms with van der Waals surface area (Å²) in [7, 11) is 0. The Morgan fingerprint density at radius 1 is 1.24 bits per heavy atom. The number of nitrogens with one attached hydrogen (secondary N) is 2. The number of fused-ring (bicyclic) bond motifs is 1. The van der Waals surface area contributed by atoms with Crippen molar-refractivity contribution < 1.29 is 14.7 Å². The fraction of sp³-hybridized carbons (Fsp3) is 0.565. The highest BCUT2D eigenvalue weighted by Crippen LogP contribution is 2.59. The second kappa shape index (κ2) is 7.82. The Kier molecular flexibility index (Phi) is 5.38. The van der Waals surface area contributed by atoms with Crippen molar-refractivity contribution >= 4 is 17.7 Å². The molecule has 2 fully saturated rings. The molecule has 3 N–H and O–H groups in total. The molecule has 1 aliphatic heterocycles. The highest BCUT2D eigenvalue weighted by atomic mass is 16.4. The first-order valence-corrected chi connectivity index (χ1v) is 10.6. The largest absolute Gasteiger partial charge is 0.478 e. The van der Waals surface area contributed by atoms with Crippen molar-refractivity contribution in [2.75, 3.05) is 25.0 Å². The number of aromatic carboxylic acids is 1. The summed E-state index contributed by atoms with van der Waals surface area (Å²) in [5.74, 6) is 0.626. The quantitative estimate of drug-likeness (QED) is 0.657. The Balaban J connectivity index is 1.23. The van der Waals surface area contributed by atoms with E-state index in [4.69, 9.17) is 5.11 Å². The third kappa shape index (κ3) is 4.17. The standard InChI is InChI=1S/C23H31N3O3/c1-23(2)17-7-6-16(20(23)13-17)14-26-10-8-18(9-11-26)24-22(29)25-19-5-3-4-15(12-19)21(27)28/h3-6,12,17-18,20H,7-11,13-14H2,1-2H3,(H,27,28)(H2,24,25,29)/t17-,20-/m0/s1. The van der Waals surface area contributed by atoms with E-state index in [9.17, 15) is 9.59 Å². The SMILES string of the molecule is CC1(C)[C@H]2CC=C(CN3CCC(NC(=O)Nc4cccc(C(=O)O)c4)CC3)[C@@H]1C2. The summed E-state index contributed by atoms with van der Waals surface area (Å²) in [5.41, 5.74) is 2.75. The average Bonchev–Trinajstić information content (AvgIpc) is 2.69. The number of nitrogens with zero attached hydrogens (tertiary/aromatic N) is 1. The van der Waals surface area contributed by atoms with Gasteiger partial charge < -0.3 is 15.7 Å². The molecule has 1 aromatic carbocycles. The van der Waals surface area contributed by atoms with E-state index in [1.165, 1.54) is 25.0 Å². The molecular weight excluding hydrogens is 366 g/mol. The maximum atomic E-state index is 12.3. The molecule has 6 nitrogen and oxygen atoms in total. The van der Waals surface area contributed by atoms with Crippen molar-refractivity contribution in [2.24, 2.45) is 17.3 Å². The number of likely N-dealkylation sites (tertiary alicyclic amines) is 1. The molecule has 156 valence electrons. The van der Waals surface area contributed by atoms with Gasteiger partial charge in [0.05, 0.1) is 5.56 Å². The Morgan fingerprint density at radius 3 is 2.66 bits per heavy atom. The zero-order valence-corrected chi connectivity index (χ0v) is 17.3. The molecule has 6 heteroatoms. The maximum Gasteiger partial charge on any atom is 0.335 e. The van der Waals surface area contributed by atoms with Crippen LogP contribution in [0.2, 0.25) is 0 Å². The van der Waals surface area contributed by atoms with Crippen LogP contribution in [-0.2, 0) is 0 Å². The first-order valence-electron chi connectivity index (χ1n) is 10.6. The summed E-state index contributed by atoms with van der Waals surface area (Å²) in [6.07, 6.45) is 6.95. The Hall–Kier alpha value is -2.34. The molecule has 1 heterocycles. The van der Waals surface area contributed by atoms with Gasteiger partial charge >= 0.3 is 12.0 Å². The number of carbonyl (C=O) groups is 2. The zero-order chi connectivity index (χ0) is 20.6. The molecule has 3 aliphatic carbocycles.